The van der Waals surface area contributed by atoms with Gasteiger partial charge in [-0.1, -0.05) is 0 Å². The zero-order valence-electron chi connectivity index (χ0n) is 16.3. The molecule has 1 aromatic rings. The number of piperidine rings is 1. The van der Waals surface area contributed by atoms with Crippen LogP contribution in [0.1, 0.15) is 43.0 Å². The molecule has 2 saturated carbocycles. The van der Waals surface area contributed by atoms with E-state index in [4.69, 9.17) is 0 Å². The van der Waals surface area contributed by atoms with Crippen LogP contribution >= 0.6 is 0 Å². The van der Waals surface area contributed by atoms with Gasteiger partial charge in [0.1, 0.15) is 6.54 Å². The first-order valence-corrected chi connectivity index (χ1v) is 12.2. The molecule has 5 nitrogen and oxygen atoms in total. The van der Waals surface area contributed by atoms with Crippen molar-refractivity contribution in [2.24, 2.45) is 17.3 Å². The maximum absolute atomic E-state index is 13.0. The standard InChI is InChI=1S/C19H24F5N3O2S/c20-16(21)8-27-14(7-15(25-27)19(22,23)24)17-12-5-11(6-13(12)17)26-3-1-18(2-4-26)9-30(28,29)10-18/h7,11-13,16-17H,1-6,8-10H2/t11?,12-,13+,17?. The minimum atomic E-state index is -4.65. The molecule has 4 aliphatic rings. The molecule has 11 heteroatoms. The zero-order valence-corrected chi connectivity index (χ0v) is 17.1. The Morgan fingerprint density at radius 3 is 2.23 bits per heavy atom. The molecule has 0 bridgehead atoms. The summed E-state index contributed by atoms with van der Waals surface area (Å²) in [6.45, 7) is 0.888. The van der Waals surface area contributed by atoms with Crippen molar-refractivity contribution in [2.45, 2.75) is 56.8 Å². The molecular weight excluding hydrogens is 429 g/mol. The number of alkyl halides is 5. The Bertz CT molecular complexity index is 910. The van der Waals surface area contributed by atoms with Crippen molar-refractivity contribution < 1.29 is 30.4 Å². The van der Waals surface area contributed by atoms with Crippen molar-refractivity contribution in [1.82, 2.24) is 14.7 Å². The fraction of sp³-hybridized carbons (Fsp3) is 0.842. The molecule has 30 heavy (non-hydrogen) atoms. The summed E-state index contributed by atoms with van der Waals surface area (Å²) in [6.07, 6.45) is -3.96. The van der Waals surface area contributed by atoms with Gasteiger partial charge in [-0.05, 0) is 56.7 Å². The minimum Gasteiger partial charge on any atom is -0.300 e. The second kappa shape index (κ2) is 6.63. The molecule has 168 valence electrons. The molecule has 2 aliphatic carbocycles. The summed E-state index contributed by atoms with van der Waals surface area (Å²) in [6, 6.07) is 1.29. The highest BCUT2D eigenvalue weighted by molar-refractivity contribution is 7.92. The van der Waals surface area contributed by atoms with Gasteiger partial charge in [0.25, 0.3) is 6.43 Å². The SMILES string of the molecule is O=S1(=O)CC2(CCN(C3C[C@@H]4C(c5cc(C(F)(F)F)nn5CC(F)F)[C@@H]4C3)CC2)C1. The van der Waals surface area contributed by atoms with E-state index in [1.807, 2.05) is 0 Å². The topological polar surface area (TPSA) is 55.2 Å². The lowest BCUT2D eigenvalue weighted by Gasteiger charge is -2.48. The number of fused-ring (bicyclic) bond motifs is 1. The lowest BCUT2D eigenvalue weighted by molar-refractivity contribution is -0.141. The van der Waals surface area contributed by atoms with Crippen molar-refractivity contribution in [3.8, 4) is 0 Å². The molecule has 0 amide bonds. The molecular formula is C19H24F5N3O2S. The van der Waals surface area contributed by atoms with Crippen LogP contribution in [-0.4, -0.2) is 60.2 Å². The van der Waals surface area contributed by atoms with E-state index < -0.39 is 34.7 Å². The maximum atomic E-state index is 13.0. The smallest absolute Gasteiger partial charge is 0.300 e. The second-order valence-electron chi connectivity index (χ2n) is 9.57. The van der Waals surface area contributed by atoms with Crippen LogP contribution < -0.4 is 0 Å². The average Bonchev–Trinajstić information content (AvgIpc) is 2.94. The van der Waals surface area contributed by atoms with Crippen LogP contribution in [0.25, 0.3) is 0 Å². The average molecular weight is 453 g/mol. The Morgan fingerprint density at radius 1 is 1.13 bits per heavy atom. The first-order chi connectivity index (χ1) is 14.0. The summed E-state index contributed by atoms with van der Waals surface area (Å²) in [7, 11) is -2.85. The highest BCUT2D eigenvalue weighted by Crippen LogP contribution is 2.64. The molecule has 0 radical (unpaired) electrons. The molecule has 2 unspecified atom stereocenters. The molecule has 5 rings (SSSR count). The molecule has 0 aromatic carbocycles. The Hall–Kier alpha value is -1.23. The van der Waals surface area contributed by atoms with Crippen LogP contribution in [0.3, 0.4) is 0 Å². The number of halogens is 5. The van der Waals surface area contributed by atoms with Crippen molar-refractivity contribution in [2.75, 3.05) is 24.6 Å². The van der Waals surface area contributed by atoms with Crippen LogP contribution in [0, 0.1) is 17.3 Å². The van der Waals surface area contributed by atoms with Crippen LogP contribution in [0.2, 0.25) is 0 Å². The number of nitrogens with zero attached hydrogens (tertiary/aromatic N) is 3. The minimum absolute atomic E-state index is 0.0465. The number of aromatic nitrogens is 2. The van der Waals surface area contributed by atoms with Crippen LogP contribution in [0.4, 0.5) is 22.0 Å². The molecule has 4 fully saturated rings. The van der Waals surface area contributed by atoms with Gasteiger partial charge in [-0.15, -0.1) is 0 Å². The van der Waals surface area contributed by atoms with Crippen molar-refractivity contribution in [3.05, 3.63) is 17.5 Å². The third-order valence-corrected chi connectivity index (χ3v) is 9.71. The second-order valence-corrected chi connectivity index (χ2v) is 11.6. The lowest BCUT2D eigenvalue weighted by atomic mass is 9.80. The number of sulfone groups is 1. The van der Waals surface area contributed by atoms with Gasteiger partial charge in [-0.3, -0.25) is 4.68 Å². The van der Waals surface area contributed by atoms with E-state index in [1.54, 1.807) is 0 Å². The number of likely N-dealkylation sites (tertiary alicyclic amines) is 1. The molecule has 2 saturated heterocycles. The van der Waals surface area contributed by atoms with Gasteiger partial charge in [0, 0.05) is 23.1 Å². The quantitative estimate of drug-likeness (QED) is 0.658. The Labute approximate surface area is 171 Å². The molecule has 0 N–H and O–H groups in total. The molecule has 3 heterocycles. The molecule has 1 aromatic heterocycles. The molecule has 1 spiro atoms. The van der Waals surface area contributed by atoms with E-state index in [2.05, 4.69) is 10.00 Å². The Morgan fingerprint density at radius 2 is 1.73 bits per heavy atom. The van der Waals surface area contributed by atoms with E-state index >= 15 is 0 Å². The number of hydrogen-bond donors (Lipinski definition) is 0. The van der Waals surface area contributed by atoms with Crippen molar-refractivity contribution >= 4 is 9.84 Å². The normalized spacial score (nSPS) is 34.9. The van der Waals surface area contributed by atoms with Crippen LogP contribution in [0.15, 0.2) is 6.07 Å². The summed E-state index contributed by atoms with van der Waals surface area (Å²) < 4.78 is 88.7. The first kappa shape index (κ1) is 20.7. The van der Waals surface area contributed by atoms with Gasteiger partial charge in [-0.25, -0.2) is 17.2 Å². The Balaban J connectivity index is 1.22. The number of hydrogen-bond acceptors (Lipinski definition) is 4. The van der Waals surface area contributed by atoms with E-state index in [-0.39, 0.29) is 28.9 Å². The van der Waals surface area contributed by atoms with Crippen LogP contribution in [-0.2, 0) is 22.6 Å². The maximum Gasteiger partial charge on any atom is 0.435 e. The van der Waals surface area contributed by atoms with Gasteiger partial charge in [-0.2, -0.15) is 18.3 Å². The van der Waals surface area contributed by atoms with Gasteiger partial charge >= 0.3 is 6.18 Å². The van der Waals surface area contributed by atoms with E-state index in [1.165, 1.54) is 0 Å². The highest BCUT2D eigenvalue weighted by atomic mass is 32.2. The Kier molecular flexibility index (Phi) is 4.57. The van der Waals surface area contributed by atoms with Gasteiger partial charge in [0.2, 0.25) is 0 Å². The van der Waals surface area contributed by atoms with Gasteiger partial charge in [0.05, 0.1) is 11.5 Å². The monoisotopic (exact) mass is 453 g/mol. The lowest BCUT2D eigenvalue weighted by Crippen LogP contribution is -2.55. The number of rotatable bonds is 4. The van der Waals surface area contributed by atoms with Crippen LogP contribution in [0.5, 0.6) is 0 Å². The predicted octanol–water partition coefficient (Wildman–Crippen LogP) is 3.17. The van der Waals surface area contributed by atoms with Crippen molar-refractivity contribution in [3.63, 3.8) is 0 Å². The summed E-state index contributed by atoms with van der Waals surface area (Å²) in [4.78, 5) is 2.39. The summed E-state index contributed by atoms with van der Waals surface area (Å²) in [5, 5.41) is 3.41. The third kappa shape index (κ3) is 3.55. The van der Waals surface area contributed by atoms with Gasteiger partial charge in [0.15, 0.2) is 15.5 Å². The van der Waals surface area contributed by atoms with E-state index in [9.17, 15) is 30.4 Å². The molecule has 4 atom stereocenters. The highest BCUT2D eigenvalue weighted by Gasteiger charge is 2.60. The largest absolute Gasteiger partial charge is 0.435 e. The first-order valence-electron chi connectivity index (χ1n) is 10.3. The summed E-state index contributed by atoms with van der Waals surface area (Å²) in [5.41, 5.74) is -0.861. The van der Waals surface area contributed by atoms with Gasteiger partial charge < -0.3 is 4.90 Å². The van der Waals surface area contributed by atoms with Crippen molar-refractivity contribution in [1.29, 1.82) is 0 Å². The predicted molar refractivity (Wildman–Crippen MR) is 97.9 cm³/mol. The zero-order chi connectivity index (χ0) is 21.5. The molecule has 2 aliphatic heterocycles. The van der Waals surface area contributed by atoms with E-state index in [0.717, 1.165) is 49.5 Å². The van der Waals surface area contributed by atoms with E-state index in [0.29, 0.717) is 17.5 Å². The fourth-order valence-electron chi connectivity index (χ4n) is 6.21. The summed E-state index contributed by atoms with van der Waals surface area (Å²) >= 11 is 0. The third-order valence-electron chi connectivity index (χ3n) is 7.60. The fourth-order valence-corrected chi connectivity index (χ4v) is 8.57. The summed E-state index contributed by atoms with van der Waals surface area (Å²) in [5.74, 6) is 0.882.